The van der Waals surface area contributed by atoms with Gasteiger partial charge in [0.05, 0.1) is 23.7 Å². The van der Waals surface area contributed by atoms with Crippen LogP contribution in [-0.4, -0.2) is 44.6 Å². The van der Waals surface area contributed by atoms with E-state index in [-0.39, 0.29) is 17.2 Å². The van der Waals surface area contributed by atoms with E-state index in [9.17, 15) is 18.0 Å². The van der Waals surface area contributed by atoms with E-state index in [1.807, 2.05) is 30.3 Å². The van der Waals surface area contributed by atoms with Crippen molar-refractivity contribution in [2.75, 3.05) is 25.5 Å². The molecular weight excluding hydrogens is 440 g/mol. The maximum absolute atomic E-state index is 12.8. The third-order valence-electron chi connectivity index (χ3n) is 4.99. The van der Waals surface area contributed by atoms with Crippen molar-refractivity contribution in [2.24, 2.45) is 0 Å². The second kappa shape index (κ2) is 10.9. The van der Waals surface area contributed by atoms with Gasteiger partial charge in [0.15, 0.2) is 5.78 Å². The molecule has 0 aliphatic carbocycles. The molecule has 0 saturated heterocycles. The molecule has 0 spiro atoms. The smallest absolute Gasteiger partial charge is 0.243 e. The van der Waals surface area contributed by atoms with Crippen LogP contribution < -0.4 is 10.1 Å². The number of Topliss-reactive ketones (excluding diaryl/α,β-unsaturated/α-hetero) is 1. The predicted molar refractivity (Wildman–Crippen MR) is 127 cm³/mol. The highest BCUT2D eigenvalue weighted by Gasteiger charge is 2.23. The fraction of sp³-hybridized carbons (Fsp3) is 0.200. The second-order valence-corrected chi connectivity index (χ2v) is 9.51. The van der Waals surface area contributed by atoms with Crippen molar-refractivity contribution in [3.8, 4) is 5.75 Å². The van der Waals surface area contributed by atoms with E-state index in [4.69, 9.17) is 4.74 Å². The van der Waals surface area contributed by atoms with Crippen LogP contribution in [0.15, 0.2) is 83.8 Å². The molecule has 0 radical (unpaired) electrons. The van der Waals surface area contributed by atoms with Crippen molar-refractivity contribution in [3.05, 3.63) is 90.0 Å². The van der Waals surface area contributed by atoms with E-state index in [1.54, 1.807) is 24.3 Å². The van der Waals surface area contributed by atoms with Gasteiger partial charge < -0.3 is 10.1 Å². The number of carbonyl (C=O) groups excluding carboxylic acids is 2. The SMILES string of the molecule is CC(=O)c1ccc(S(=O)(=O)N(C)CC(=O)Nc2ccccc2OCCc2ccccc2)cc1. The number of anilines is 1. The molecule has 8 heteroatoms. The van der Waals surface area contributed by atoms with E-state index in [0.717, 1.165) is 9.87 Å². The molecule has 0 bridgehead atoms. The number of rotatable bonds is 10. The zero-order valence-electron chi connectivity index (χ0n) is 18.5. The minimum Gasteiger partial charge on any atom is -0.491 e. The average Bonchev–Trinajstić information content (AvgIpc) is 2.81. The summed E-state index contributed by atoms with van der Waals surface area (Å²) in [7, 11) is -2.56. The summed E-state index contributed by atoms with van der Waals surface area (Å²) in [4.78, 5) is 24.0. The highest BCUT2D eigenvalue weighted by atomic mass is 32.2. The number of ketones is 1. The Morgan fingerprint density at radius 2 is 1.55 bits per heavy atom. The normalized spacial score (nSPS) is 11.2. The maximum atomic E-state index is 12.8. The number of hydrogen-bond donors (Lipinski definition) is 1. The number of para-hydroxylation sites is 2. The lowest BCUT2D eigenvalue weighted by molar-refractivity contribution is -0.116. The van der Waals surface area contributed by atoms with Gasteiger partial charge in [0.1, 0.15) is 5.75 Å². The lowest BCUT2D eigenvalue weighted by Gasteiger charge is -2.18. The number of sulfonamides is 1. The molecule has 0 saturated carbocycles. The van der Waals surface area contributed by atoms with Crippen molar-refractivity contribution in [1.29, 1.82) is 0 Å². The number of carbonyl (C=O) groups is 2. The Bertz CT molecular complexity index is 1210. The Labute approximate surface area is 194 Å². The third kappa shape index (κ3) is 6.50. The van der Waals surface area contributed by atoms with Crippen molar-refractivity contribution in [1.82, 2.24) is 4.31 Å². The Kier molecular flexibility index (Phi) is 7.97. The molecule has 1 amide bonds. The predicted octanol–water partition coefficient (Wildman–Crippen LogP) is 3.77. The molecule has 0 atom stereocenters. The minimum absolute atomic E-state index is 0.00689. The van der Waals surface area contributed by atoms with Gasteiger partial charge in [0.2, 0.25) is 15.9 Å². The zero-order valence-corrected chi connectivity index (χ0v) is 19.3. The Balaban J connectivity index is 1.61. The van der Waals surface area contributed by atoms with Gasteiger partial charge in [-0.3, -0.25) is 9.59 Å². The molecule has 172 valence electrons. The molecule has 3 rings (SSSR count). The van der Waals surface area contributed by atoms with Gasteiger partial charge >= 0.3 is 0 Å². The summed E-state index contributed by atoms with van der Waals surface area (Å²) in [6.45, 7) is 1.46. The molecule has 3 aromatic carbocycles. The standard InChI is InChI=1S/C25H26N2O5S/c1-19(28)21-12-14-22(15-13-21)33(30,31)27(2)18-25(29)26-23-10-6-7-11-24(23)32-17-16-20-8-4-3-5-9-20/h3-15H,16-18H2,1-2H3,(H,26,29). The highest BCUT2D eigenvalue weighted by Crippen LogP contribution is 2.24. The van der Waals surface area contributed by atoms with Crippen molar-refractivity contribution >= 4 is 27.4 Å². The largest absolute Gasteiger partial charge is 0.491 e. The minimum atomic E-state index is -3.89. The number of nitrogens with one attached hydrogen (secondary N) is 1. The van der Waals surface area contributed by atoms with Crippen LogP contribution in [0.1, 0.15) is 22.8 Å². The number of hydrogen-bond acceptors (Lipinski definition) is 5. The lowest BCUT2D eigenvalue weighted by Crippen LogP contribution is -2.35. The molecule has 0 fully saturated rings. The first-order valence-electron chi connectivity index (χ1n) is 10.4. The summed E-state index contributed by atoms with van der Waals surface area (Å²) in [5.41, 5.74) is 2.02. The molecule has 0 unspecified atom stereocenters. The average molecular weight is 467 g/mol. The van der Waals surface area contributed by atoms with Crippen LogP contribution in [0.2, 0.25) is 0 Å². The number of nitrogens with zero attached hydrogens (tertiary/aromatic N) is 1. The van der Waals surface area contributed by atoms with Crippen LogP contribution in [0.25, 0.3) is 0 Å². The summed E-state index contributed by atoms with van der Waals surface area (Å²) < 4.78 is 32.4. The summed E-state index contributed by atoms with van der Waals surface area (Å²) in [6, 6.07) is 22.5. The Morgan fingerprint density at radius 3 is 2.21 bits per heavy atom. The number of benzene rings is 3. The number of amides is 1. The number of likely N-dealkylation sites (N-methyl/N-ethyl adjacent to an activating group) is 1. The monoisotopic (exact) mass is 466 g/mol. The van der Waals surface area contributed by atoms with Crippen molar-refractivity contribution in [2.45, 2.75) is 18.2 Å². The van der Waals surface area contributed by atoms with Crippen LogP contribution in [0.3, 0.4) is 0 Å². The highest BCUT2D eigenvalue weighted by molar-refractivity contribution is 7.89. The molecule has 0 heterocycles. The maximum Gasteiger partial charge on any atom is 0.243 e. The number of ether oxygens (including phenoxy) is 1. The second-order valence-electron chi connectivity index (χ2n) is 7.47. The van der Waals surface area contributed by atoms with Gasteiger partial charge in [-0.2, -0.15) is 4.31 Å². The van der Waals surface area contributed by atoms with Crippen molar-refractivity contribution < 1.29 is 22.7 Å². The van der Waals surface area contributed by atoms with E-state index < -0.39 is 15.9 Å². The van der Waals surface area contributed by atoms with E-state index in [2.05, 4.69) is 5.32 Å². The summed E-state index contributed by atoms with van der Waals surface area (Å²) in [5.74, 6) is -0.149. The van der Waals surface area contributed by atoms with Gasteiger partial charge in [0, 0.05) is 19.0 Å². The fourth-order valence-corrected chi connectivity index (χ4v) is 4.26. The van der Waals surface area contributed by atoms with E-state index in [0.29, 0.717) is 30.0 Å². The van der Waals surface area contributed by atoms with Crippen LogP contribution in [0.5, 0.6) is 5.75 Å². The third-order valence-corrected chi connectivity index (χ3v) is 6.81. The molecule has 0 aromatic heterocycles. The van der Waals surface area contributed by atoms with Gasteiger partial charge in [0.25, 0.3) is 0 Å². The van der Waals surface area contributed by atoms with Gasteiger partial charge in [-0.25, -0.2) is 8.42 Å². The van der Waals surface area contributed by atoms with Crippen molar-refractivity contribution in [3.63, 3.8) is 0 Å². The van der Waals surface area contributed by atoms with Crippen LogP contribution >= 0.6 is 0 Å². The molecule has 0 aliphatic rings. The molecular formula is C25H26N2O5S. The van der Waals surface area contributed by atoms with Gasteiger partial charge in [-0.15, -0.1) is 0 Å². The summed E-state index contributed by atoms with van der Waals surface area (Å²) in [5, 5.41) is 2.72. The zero-order chi connectivity index (χ0) is 23.8. The Morgan fingerprint density at radius 1 is 0.909 bits per heavy atom. The lowest BCUT2D eigenvalue weighted by atomic mass is 10.2. The van der Waals surface area contributed by atoms with Crippen LogP contribution in [0, 0.1) is 0 Å². The quantitative estimate of drug-likeness (QED) is 0.459. The molecule has 0 aliphatic heterocycles. The topological polar surface area (TPSA) is 92.8 Å². The van der Waals surface area contributed by atoms with E-state index in [1.165, 1.54) is 38.2 Å². The fourth-order valence-electron chi connectivity index (χ4n) is 3.14. The van der Waals surface area contributed by atoms with Gasteiger partial charge in [-0.05, 0) is 36.8 Å². The van der Waals surface area contributed by atoms with Crippen LogP contribution in [0.4, 0.5) is 5.69 Å². The first-order valence-corrected chi connectivity index (χ1v) is 11.8. The van der Waals surface area contributed by atoms with Crippen LogP contribution in [-0.2, 0) is 21.2 Å². The Hall–Kier alpha value is -3.49. The first kappa shape index (κ1) is 24.2. The summed E-state index contributed by atoms with van der Waals surface area (Å²) >= 11 is 0. The molecule has 7 nitrogen and oxygen atoms in total. The summed E-state index contributed by atoms with van der Waals surface area (Å²) in [6.07, 6.45) is 0.715. The van der Waals surface area contributed by atoms with E-state index >= 15 is 0 Å². The van der Waals surface area contributed by atoms with Gasteiger partial charge in [-0.1, -0.05) is 54.6 Å². The molecule has 3 aromatic rings. The molecule has 1 N–H and O–H groups in total. The first-order chi connectivity index (χ1) is 15.8. The molecule has 33 heavy (non-hydrogen) atoms.